The second kappa shape index (κ2) is 14.2. The predicted octanol–water partition coefficient (Wildman–Crippen LogP) is 8.38. The maximum atomic E-state index is 13.6. The zero-order chi connectivity index (χ0) is 32.8. The summed E-state index contributed by atoms with van der Waals surface area (Å²) in [5.41, 5.74) is 1.22. The van der Waals surface area contributed by atoms with E-state index in [1.807, 2.05) is 46.0 Å². The van der Waals surface area contributed by atoms with Gasteiger partial charge in [0.15, 0.2) is 0 Å². The summed E-state index contributed by atoms with van der Waals surface area (Å²) in [4.78, 5) is 30.7. The molecule has 4 rings (SSSR count). The van der Waals surface area contributed by atoms with Gasteiger partial charge in [-0.3, -0.25) is 9.59 Å². The maximum absolute atomic E-state index is 13.6. The van der Waals surface area contributed by atoms with E-state index in [1.165, 1.54) is 12.1 Å². The summed E-state index contributed by atoms with van der Waals surface area (Å²) in [6.07, 6.45) is -0.664. The Balaban J connectivity index is 1.34. The lowest BCUT2D eigenvalue weighted by molar-refractivity contribution is -0.156. The van der Waals surface area contributed by atoms with Crippen LogP contribution in [0.15, 0.2) is 78.9 Å². The molecule has 0 aromatic heterocycles. The highest BCUT2D eigenvalue weighted by molar-refractivity contribution is 6.01. The molecule has 1 atom stereocenters. The molecular formula is C37H45F3N2O3. The molecule has 1 aliphatic rings. The first kappa shape index (κ1) is 34.2. The molecule has 242 valence electrons. The van der Waals surface area contributed by atoms with Gasteiger partial charge < -0.3 is 14.5 Å². The number of carbonyl (C=O) groups excluding carboxylic acids is 2. The molecule has 1 aliphatic heterocycles. The van der Waals surface area contributed by atoms with Crippen LogP contribution < -0.4 is 0 Å². The summed E-state index contributed by atoms with van der Waals surface area (Å²) < 4.78 is 44.9. The standard InChI is InChI=1S/C37H45F3N2O3/c1-35(2,3)45-33(43)26-36(4,28-12-7-6-8-13-28)22-11-23-42-24-20-30(21-25-42)41(5)34(44)32-15-10-9-14-31(32)27-16-18-29(19-17-27)37(38,39)40/h6-10,12-19,30H,11,20-26H2,1-5H3. The molecule has 0 radical (unpaired) electrons. The van der Waals surface area contributed by atoms with Gasteiger partial charge in [-0.25, -0.2) is 0 Å². The van der Waals surface area contributed by atoms with Gasteiger partial charge >= 0.3 is 12.1 Å². The van der Waals surface area contributed by atoms with Crippen molar-refractivity contribution in [3.8, 4) is 11.1 Å². The van der Waals surface area contributed by atoms with Crippen LogP contribution in [0.5, 0.6) is 0 Å². The van der Waals surface area contributed by atoms with Gasteiger partial charge in [0, 0.05) is 37.2 Å². The fourth-order valence-electron chi connectivity index (χ4n) is 6.21. The van der Waals surface area contributed by atoms with E-state index in [-0.39, 0.29) is 23.3 Å². The van der Waals surface area contributed by atoms with Gasteiger partial charge in [-0.05, 0) is 87.9 Å². The molecule has 0 N–H and O–H groups in total. The number of likely N-dealkylation sites (tertiary alicyclic amines) is 1. The highest BCUT2D eigenvalue weighted by atomic mass is 19.4. The van der Waals surface area contributed by atoms with Crippen molar-refractivity contribution in [1.29, 1.82) is 0 Å². The largest absolute Gasteiger partial charge is 0.460 e. The van der Waals surface area contributed by atoms with E-state index in [1.54, 1.807) is 29.2 Å². The second-order valence-corrected chi connectivity index (χ2v) is 13.4. The number of hydrogen-bond donors (Lipinski definition) is 0. The zero-order valence-electron chi connectivity index (χ0n) is 27.0. The summed E-state index contributed by atoms with van der Waals surface area (Å²) in [6.45, 7) is 10.4. The average molecular weight is 623 g/mol. The fourth-order valence-corrected chi connectivity index (χ4v) is 6.21. The van der Waals surface area contributed by atoms with E-state index >= 15 is 0 Å². The number of alkyl halides is 3. The van der Waals surface area contributed by atoms with Gasteiger partial charge in [0.05, 0.1) is 12.0 Å². The molecule has 0 saturated carbocycles. The molecule has 3 aromatic carbocycles. The van der Waals surface area contributed by atoms with E-state index in [4.69, 9.17) is 4.74 Å². The van der Waals surface area contributed by atoms with Crippen LogP contribution in [0.2, 0.25) is 0 Å². The second-order valence-electron chi connectivity index (χ2n) is 13.4. The predicted molar refractivity (Wildman–Crippen MR) is 172 cm³/mol. The van der Waals surface area contributed by atoms with E-state index in [9.17, 15) is 22.8 Å². The van der Waals surface area contributed by atoms with Crippen LogP contribution in [0.4, 0.5) is 13.2 Å². The first-order chi connectivity index (χ1) is 21.2. The van der Waals surface area contributed by atoms with Crippen molar-refractivity contribution >= 4 is 11.9 Å². The molecule has 1 unspecified atom stereocenters. The van der Waals surface area contributed by atoms with Crippen LogP contribution in [0, 0.1) is 0 Å². The number of hydrogen-bond acceptors (Lipinski definition) is 4. The Kier molecular flexibility index (Phi) is 10.8. The minimum atomic E-state index is -4.41. The topological polar surface area (TPSA) is 49.9 Å². The summed E-state index contributed by atoms with van der Waals surface area (Å²) in [5, 5.41) is 0. The Morgan fingerprint density at radius 1 is 0.844 bits per heavy atom. The lowest BCUT2D eigenvalue weighted by Crippen LogP contribution is -2.46. The summed E-state index contributed by atoms with van der Waals surface area (Å²) in [5.74, 6) is -0.327. The molecule has 1 heterocycles. The fraction of sp³-hybridized carbons (Fsp3) is 0.459. The lowest BCUT2D eigenvalue weighted by Gasteiger charge is -2.37. The van der Waals surface area contributed by atoms with Crippen molar-refractivity contribution in [2.24, 2.45) is 0 Å². The minimum absolute atomic E-state index is 0.0659. The number of carbonyl (C=O) groups is 2. The van der Waals surface area contributed by atoms with Gasteiger partial charge in [0.2, 0.25) is 0 Å². The van der Waals surface area contributed by atoms with Gasteiger partial charge in [0.1, 0.15) is 5.60 Å². The monoisotopic (exact) mass is 622 g/mol. The van der Waals surface area contributed by atoms with Crippen LogP contribution in [0.1, 0.15) is 81.3 Å². The third kappa shape index (κ3) is 9.19. The first-order valence-corrected chi connectivity index (χ1v) is 15.7. The molecule has 1 saturated heterocycles. The molecule has 45 heavy (non-hydrogen) atoms. The van der Waals surface area contributed by atoms with Gasteiger partial charge in [-0.1, -0.05) is 67.6 Å². The number of halogens is 3. The molecule has 0 spiro atoms. The van der Waals surface area contributed by atoms with E-state index in [2.05, 4.69) is 24.0 Å². The number of nitrogens with zero attached hydrogens (tertiary/aromatic N) is 2. The SMILES string of the molecule is CN(C(=O)c1ccccc1-c1ccc(C(F)(F)F)cc1)C1CCN(CCCC(C)(CC(=O)OC(C)(C)C)c2ccccc2)CC1. The van der Waals surface area contributed by atoms with Crippen molar-refractivity contribution in [3.05, 3.63) is 95.6 Å². The molecule has 1 fully saturated rings. The molecule has 3 aromatic rings. The zero-order valence-corrected chi connectivity index (χ0v) is 27.0. The van der Waals surface area contributed by atoms with Gasteiger partial charge in [0.25, 0.3) is 5.91 Å². The van der Waals surface area contributed by atoms with Crippen LogP contribution in [-0.4, -0.2) is 60.0 Å². The third-order valence-electron chi connectivity index (χ3n) is 8.73. The Hall–Kier alpha value is -3.65. The van der Waals surface area contributed by atoms with Crippen LogP contribution in [0.25, 0.3) is 11.1 Å². The van der Waals surface area contributed by atoms with Crippen molar-refractivity contribution < 1.29 is 27.5 Å². The van der Waals surface area contributed by atoms with Crippen LogP contribution >= 0.6 is 0 Å². The third-order valence-corrected chi connectivity index (χ3v) is 8.73. The van der Waals surface area contributed by atoms with E-state index in [0.717, 1.165) is 63.0 Å². The molecular weight excluding hydrogens is 577 g/mol. The highest BCUT2D eigenvalue weighted by Crippen LogP contribution is 2.35. The molecule has 8 heteroatoms. The van der Waals surface area contributed by atoms with Gasteiger partial charge in [-0.2, -0.15) is 13.2 Å². The Morgan fingerprint density at radius 2 is 1.44 bits per heavy atom. The number of ether oxygens (including phenoxy) is 1. The minimum Gasteiger partial charge on any atom is -0.460 e. The van der Waals surface area contributed by atoms with Gasteiger partial charge in [-0.15, -0.1) is 0 Å². The van der Waals surface area contributed by atoms with Crippen molar-refractivity contribution in [3.63, 3.8) is 0 Å². The Labute approximate surface area is 265 Å². The summed E-state index contributed by atoms with van der Waals surface area (Å²) in [6, 6.07) is 22.3. The summed E-state index contributed by atoms with van der Waals surface area (Å²) in [7, 11) is 1.81. The number of benzene rings is 3. The highest BCUT2D eigenvalue weighted by Gasteiger charge is 2.33. The van der Waals surface area contributed by atoms with Crippen molar-refractivity contribution in [2.75, 3.05) is 26.7 Å². The van der Waals surface area contributed by atoms with E-state index in [0.29, 0.717) is 23.1 Å². The van der Waals surface area contributed by atoms with Crippen molar-refractivity contribution in [2.45, 2.75) is 83.0 Å². The van der Waals surface area contributed by atoms with Crippen LogP contribution in [-0.2, 0) is 21.1 Å². The number of esters is 1. The maximum Gasteiger partial charge on any atom is 0.416 e. The Bertz CT molecular complexity index is 1430. The number of amides is 1. The Morgan fingerprint density at radius 3 is 2.04 bits per heavy atom. The number of rotatable bonds is 10. The molecule has 5 nitrogen and oxygen atoms in total. The average Bonchev–Trinajstić information content (AvgIpc) is 3.00. The smallest absolute Gasteiger partial charge is 0.416 e. The molecule has 1 amide bonds. The quantitative estimate of drug-likeness (QED) is 0.213. The summed E-state index contributed by atoms with van der Waals surface area (Å²) >= 11 is 0. The first-order valence-electron chi connectivity index (χ1n) is 15.7. The number of piperidine rings is 1. The van der Waals surface area contributed by atoms with E-state index < -0.39 is 17.3 Å². The van der Waals surface area contributed by atoms with Crippen molar-refractivity contribution in [1.82, 2.24) is 9.80 Å². The van der Waals surface area contributed by atoms with Crippen LogP contribution in [0.3, 0.4) is 0 Å². The normalized spacial score (nSPS) is 16.2. The molecule has 0 aliphatic carbocycles. The lowest BCUT2D eigenvalue weighted by atomic mass is 9.75. The molecule has 0 bridgehead atoms.